The van der Waals surface area contributed by atoms with E-state index < -0.39 is 27.9 Å². The molecule has 3 N–H and O–H groups in total. The summed E-state index contributed by atoms with van der Waals surface area (Å²) in [5, 5.41) is 8.06. The molecule has 0 aliphatic carbocycles. The van der Waals surface area contributed by atoms with Crippen LogP contribution in [0.25, 0.3) is 0 Å². The monoisotopic (exact) mass is 399 g/mol. The number of primary sulfonamides is 1. The Hall–Kier alpha value is -2.16. The van der Waals surface area contributed by atoms with Crippen molar-refractivity contribution in [1.82, 2.24) is 10.2 Å². The summed E-state index contributed by atoms with van der Waals surface area (Å²) in [7, 11) is -2.25. The number of halogens is 2. The van der Waals surface area contributed by atoms with E-state index in [1.807, 2.05) is 0 Å². The molecular formula is C17H19ClFN3O3S. The first-order valence-corrected chi connectivity index (χ1v) is 9.59. The standard InChI is InChI=1S/C17H19ClFN3O3S/c1-11(12-6-8-13(9-7-12)26(20,24)25)21-17(23)22(2)10-14-15(18)4-3-5-16(14)19/h3-9,11H,10H2,1-2H3,(H,21,23)(H2,20,24,25)/t11-/m0/s1. The maximum Gasteiger partial charge on any atom is 0.317 e. The van der Waals surface area contributed by atoms with Crippen molar-refractivity contribution in [2.75, 3.05) is 7.05 Å². The van der Waals surface area contributed by atoms with E-state index in [2.05, 4.69) is 5.32 Å². The summed E-state index contributed by atoms with van der Waals surface area (Å²) in [6, 6.07) is 9.39. The number of nitrogens with one attached hydrogen (secondary N) is 1. The maximum absolute atomic E-state index is 13.8. The molecule has 6 nitrogen and oxygen atoms in total. The molecule has 140 valence electrons. The number of hydrogen-bond acceptors (Lipinski definition) is 3. The van der Waals surface area contributed by atoms with Gasteiger partial charge in [0.25, 0.3) is 0 Å². The number of carbonyl (C=O) groups is 1. The average molecular weight is 400 g/mol. The fraction of sp³-hybridized carbons (Fsp3) is 0.235. The van der Waals surface area contributed by atoms with Gasteiger partial charge in [-0.15, -0.1) is 0 Å². The van der Waals surface area contributed by atoms with Crippen LogP contribution in [0.3, 0.4) is 0 Å². The highest BCUT2D eigenvalue weighted by Gasteiger charge is 2.17. The van der Waals surface area contributed by atoms with Gasteiger partial charge in [0.1, 0.15) is 5.82 Å². The molecule has 0 aliphatic heterocycles. The molecule has 0 fully saturated rings. The lowest BCUT2D eigenvalue weighted by atomic mass is 10.1. The first kappa shape index (κ1) is 20.2. The van der Waals surface area contributed by atoms with E-state index in [0.717, 1.165) is 0 Å². The molecule has 1 atom stereocenters. The molecule has 0 spiro atoms. The summed E-state index contributed by atoms with van der Waals surface area (Å²) in [5.41, 5.74) is 0.931. The molecule has 0 aliphatic rings. The van der Waals surface area contributed by atoms with E-state index in [1.54, 1.807) is 25.1 Å². The Morgan fingerprint density at radius 1 is 1.27 bits per heavy atom. The number of carbonyl (C=O) groups excluding carboxylic acids is 1. The first-order valence-electron chi connectivity index (χ1n) is 7.67. The normalized spacial score (nSPS) is 12.5. The van der Waals surface area contributed by atoms with Crippen molar-refractivity contribution in [2.24, 2.45) is 5.14 Å². The van der Waals surface area contributed by atoms with Crippen molar-refractivity contribution in [2.45, 2.75) is 24.4 Å². The minimum absolute atomic E-state index is 0.00825. The number of nitrogens with two attached hydrogens (primary N) is 1. The number of nitrogens with zero attached hydrogens (tertiary/aromatic N) is 1. The van der Waals surface area contributed by atoms with Crippen molar-refractivity contribution in [3.05, 3.63) is 64.4 Å². The second-order valence-electron chi connectivity index (χ2n) is 5.84. The van der Waals surface area contributed by atoms with Crippen LogP contribution >= 0.6 is 11.6 Å². The average Bonchev–Trinajstić information content (AvgIpc) is 2.57. The van der Waals surface area contributed by atoms with Gasteiger partial charge >= 0.3 is 6.03 Å². The zero-order valence-electron chi connectivity index (χ0n) is 14.2. The third-order valence-electron chi connectivity index (χ3n) is 3.85. The van der Waals surface area contributed by atoms with Crippen LogP contribution in [-0.4, -0.2) is 26.4 Å². The zero-order chi connectivity index (χ0) is 19.5. The predicted molar refractivity (Wildman–Crippen MR) is 97.6 cm³/mol. The molecule has 2 aromatic rings. The minimum atomic E-state index is -3.77. The number of rotatable bonds is 5. The molecule has 26 heavy (non-hydrogen) atoms. The van der Waals surface area contributed by atoms with Crippen molar-refractivity contribution in [3.8, 4) is 0 Å². The van der Waals surface area contributed by atoms with Gasteiger partial charge in [0.15, 0.2) is 0 Å². The highest BCUT2D eigenvalue weighted by Crippen LogP contribution is 2.21. The van der Waals surface area contributed by atoms with Gasteiger partial charge in [-0.1, -0.05) is 29.8 Å². The molecular weight excluding hydrogens is 381 g/mol. The van der Waals surface area contributed by atoms with E-state index in [4.69, 9.17) is 16.7 Å². The lowest BCUT2D eigenvalue weighted by Crippen LogP contribution is -2.38. The van der Waals surface area contributed by atoms with E-state index >= 15 is 0 Å². The molecule has 0 aromatic heterocycles. The van der Waals surface area contributed by atoms with Gasteiger partial charge < -0.3 is 10.2 Å². The number of amides is 2. The third-order valence-corrected chi connectivity index (χ3v) is 5.14. The second-order valence-corrected chi connectivity index (χ2v) is 7.81. The molecule has 0 saturated heterocycles. The van der Waals surface area contributed by atoms with Crippen LogP contribution in [0.15, 0.2) is 47.4 Å². The second kappa shape index (κ2) is 8.03. The topological polar surface area (TPSA) is 92.5 Å². The van der Waals surface area contributed by atoms with Crippen molar-refractivity contribution in [3.63, 3.8) is 0 Å². The molecule has 2 amide bonds. The van der Waals surface area contributed by atoms with Crippen LogP contribution < -0.4 is 10.5 Å². The molecule has 0 heterocycles. The van der Waals surface area contributed by atoms with E-state index in [-0.39, 0.29) is 22.0 Å². The van der Waals surface area contributed by atoms with Crippen molar-refractivity contribution < 1.29 is 17.6 Å². The smallest absolute Gasteiger partial charge is 0.317 e. The van der Waals surface area contributed by atoms with Gasteiger partial charge in [-0.3, -0.25) is 0 Å². The van der Waals surface area contributed by atoms with Crippen molar-refractivity contribution >= 4 is 27.7 Å². The fourth-order valence-electron chi connectivity index (χ4n) is 2.32. The van der Waals surface area contributed by atoms with E-state index in [0.29, 0.717) is 5.56 Å². The lowest BCUT2D eigenvalue weighted by Gasteiger charge is -2.22. The summed E-state index contributed by atoms with van der Waals surface area (Å²) in [6.07, 6.45) is 0. The van der Waals surface area contributed by atoms with Gasteiger partial charge in [-0.25, -0.2) is 22.7 Å². The van der Waals surface area contributed by atoms with Crippen LogP contribution in [0.1, 0.15) is 24.1 Å². The lowest BCUT2D eigenvalue weighted by molar-refractivity contribution is 0.203. The Morgan fingerprint density at radius 3 is 2.42 bits per heavy atom. The largest absolute Gasteiger partial charge is 0.331 e. The molecule has 2 aromatic carbocycles. The maximum atomic E-state index is 13.8. The Labute approximate surface area is 156 Å². The van der Waals surface area contributed by atoms with Gasteiger partial charge in [-0.05, 0) is 36.8 Å². The molecule has 9 heteroatoms. The predicted octanol–water partition coefficient (Wildman–Crippen LogP) is 3.03. The van der Waals surface area contributed by atoms with Gasteiger partial charge in [-0.2, -0.15) is 0 Å². The van der Waals surface area contributed by atoms with Gasteiger partial charge in [0.2, 0.25) is 10.0 Å². The fourth-order valence-corrected chi connectivity index (χ4v) is 3.06. The van der Waals surface area contributed by atoms with Crippen LogP contribution in [0.5, 0.6) is 0 Å². The third kappa shape index (κ3) is 4.94. The number of urea groups is 1. The van der Waals surface area contributed by atoms with Crippen LogP contribution in [-0.2, 0) is 16.6 Å². The molecule has 0 unspecified atom stereocenters. The quantitative estimate of drug-likeness (QED) is 0.809. The van der Waals surface area contributed by atoms with Gasteiger partial charge in [0.05, 0.1) is 17.5 Å². The summed E-state index contributed by atoms with van der Waals surface area (Å²) in [4.78, 5) is 13.6. The summed E-state index contributed by atoms with van der Waals surface area (Å²) in [5.74, 6) is -0.483. The molecule has 0 bridgehead atoms. The highest BCUT2D eigenvalue weighted by atomic mass is 35.5. The van der Waals surface area contributed by atoms with Crippen LogP contribution in [0.4, 0.5) is 9.18 Å². The Kier molecular flexibility index (Phi) is 6.22. The first-order chi connectivity index (χ1) is 12.1. The Balaban J connectivity index is 2.04. The summed E-state index contributed by atoms with van der Waals surface area (Å²) < 4.78 is 36.4. The summed E-state index contributed by atoms with van der Waals surface area (Å²) in [6.45, 7) is 1.75. The van der Waals surface area contributed by atoms with E-state index in [9.17, 15) is 17.6 Å². The molecule has 0 radical (unpaired) electrons. The van der Waals surface area contributed by atoms with Gasteiger partial charge in [0, 0.05) is 17.6 Å². The minimum Gasteiger partial charge on any atom is -0.331 e. The molecule has 2 rings (SSSR count). The highest BCUT2D eigenvalue weighted by molar-refractivity contribution is 7.89. The van der Waals surface area contributed by atoms with Crippen LogP contribution in [0.2, 0.25) is 5.02 Å². The zero-order valence-corrected chi connectivity index (χ0v) is 15.8. The Morgan fingerprint density at radius 2 is 1.88 bits per heavy atom. The Bertz CT molecular complexity index is 884. The SMILES string of the molecule is C[C@H](NC(=O)N(C)Cc1c(F)cccc1Cl)c1ccc(S(N)(=O)=O)cc1. The number of benzene rings is 2. The van der Waals surface area contributed by atoms with E-state index in [1.165, 1.54) is 36.2 Å². The molecule has 0 saturated carbocycles. The van der Waals surface area contributed by atoms with Crippen LogP contribution in [0, 0.1) is 5.82 Å². The van der Waals surface area contributed by atoms with Crippen molar-refractivity contribution in [1.29, 1.82) is 0 Å². The number of sulfonamides is 1. The number of hydrogen-bond donors (Lipinski definition) is 2. The summed E-state index contributed by atoms with van der Waals surface area (Å²) >= 11 is 5.97.